The number of H-pyrrole nitrogens is 1. The van der Waals surface area contributed by atoms with Crippen LogP contribution < -0.4 is 0 Å². The highest BCUT2D eigenvalue weighted by molar-refractivity contribution is 9.10. The van der Waals surface area contributed by atoms with Crippen molar-refractivity contribution in [3.05, 3.63) is 44.6 Å². The molecule has 1 heterocycles. The van der Waals surface area contributed by atoms with Gasteiger partial charge in [-0.05, 0) is 43.2 Å². The van der Waals surface area contributed by atoms with Crippen molar-refractivity contribution in [3.8, 4) is 5.69 Å². The Morgan fingerprint density at radius 3 is 2.76 bits per heavy atom. The third-order valence-corrected chi connectivity index (χ3v) is 3.49. The molecule has 0 unspecified atom stereocenters. The number of aryl methyl sites for hydroxylation is 2. The molecule has 1 N–H and O–H groups in total. The highest BCUT2D eigenvalue weighted by atomic mass is 79.9. The second-order valence-electron chi connectivity index (χ2n) is 4.14. The van der Waals surface area contributed by atoms with E-state index in [0.717, 1.165) is 27.6 Å². The van der Waals surface area contributed by atoms with Crippen LogP contribution in [0.3, 0.4) is 0 Å². The number of halogens is 1. The van der Waals surface area contributed by atoms with Crippen molar-refractivity contribution in [2.75, 3.05) is 0 Å². The van der Waals surface area contributed by atoms with Gasteiger partial charge in [-0.15, -0.1) is 0 Å². The Kier molecular flexibility index (Phi) is 3.84. The Morgan fingerprint density at radius 1 is 1.35 bits per heavy atom. The Bertz CT molecular complexity index is 583. The summed E-state index contributed by atoms with van der Waals surface area (Å²) in [6, 6.07) is 8.24. The van der Waals surface area contributed by atoms with E-state index in [1.165, 1.54) is 11.3 Å². The van der Waals surface area contributed by atoms with Crippen LogP contribution in [0.25, 0.3) is 5.69 Å². The first kappa shape index (κ1) is 12.6. The highest BCUT2D eigenvalue weighted by Gasteiger charge is 2.05. The molecule has 0 atom stereocenters. The summed E-state index contributed by atoms with van der Waals surface area (Å²) in [5, 5.41) is 3.36. The molecule has 0 fully saturated rings. The van der Waals surface area contributed by atoms with E-state index in [2.05, 4.69) is 47.0 Å². The summed E-state index contributed by atoms with van der Waals surface area (Å²) in [5.41, 5.74) is 3.50. The molecule has 1 aromatic heterocycles. The van der Waals surface area contributed by atoms with Gasteiger partial charge in [-0.1, -0.05) is 41.5 Å². The van der Waals surface area contributed by atoms with Gasteiger partial charge < -0.3 is 0 Å². The Hall–Kier alpha value is -0.870. The number of rotatable bonds is 3. The maximum Gasteiger partial charge on any atom is 0.127 e. The fourth-order valence-corrected chi connectivity index (χ4v) is 2.65. The van der Waals surface area contributed by atoms with E-state index in [1.54, 1.807) is 0 Å². The van der Waals surface area contributed by atoms with Crippen molar-refractivity contribution in [1.29, 1.82) is 0 Å². The third-order valence-electron chi connectivity index (χ3n) is 2.69. The minimum Gasteiger partial charge on any atom is -0.297 e. The van der Waals surface area contributed by atoms with Crippen LogP contribution in [0.15, 0.2) is 28.7 Å². The van der Waals surface area contributed by atoms with E-state index in [1.807, 2.05) is 16.8 Å². The van der Waals surface area contributed by atoms with Crippen molar-refractivity contribution >= 4 is 28.1 Å². The Labute approximate surface area is 115 Å². The van der Waals surface area contributed by atoms with Crippen molar-refractivity contribution < 1.29 is 0 Å². The van der Waals surface area contributed by atoms with E-state index in [0.29, 0.717) is 0 Å². The van der Waals surface area contributed by atoms with E-state index < -0.39 is 0 Å². The molecule has 2 nitrogen and oxygen atoms in total. The quantitative estimate of drug-likeness (QED) is 0.824. The first-order chi connectivity index (χ1) is 8.11. The lowest BCUT2D eigenvalue weighted by Gasteiger charge is -2.07. The van der Waals surface area contributed by atoms with Gasteiger partial charge in [0.25, 0.3) is 0 Å². The number of nitrogens with zero attached hydrogens (tertiary/aromatic N) is 1. The number of hydrogen-bond acceptors (Lipinski definition) is 1. The average Bonchev–Trinajstić information content (AvgIpc) is 2.60. The normalized spacial score (nSPS) is 10.8. The van der Waals surface area contributed by atoms with Crippen molar-refractivity contribution in [3.63, 3.8) is 0 Å². The fourth-order valence-electron chi connectivity index (χ4n) is 1.89. The highest BCUT2D eigenvalue weighted by Crippen LogP contribution is 2.20. The Morgan fingerprint density at radius 2 is 2.12 bits per heavy atom. The smallest absolute Gasteiger partial charge is 0.127 e. The lowest BCUT2D eigenvalue weighted by Crippen LogP contribution is -2.00. The van der Waals surface area contributed by atoms with Crippen LogP contribution in [0, 0.1) is 11.6 Å². The second-order valence-corrected chi connectivity index (χ2v) is 5.47. The van der Waals surface area contributed by atoms with Gasteiger partial charge in [-0.25, -0.2) is 4.68 Å². The van der Waals surface area contributed by atoms with Crippen LogP contribution in [-0.2, 0) is 6.42 Å². The van der Waals surface area contributed by atoms with Crippen LogP contribution in [0.5, 0.6) is 0 Å². The van der Waals surface area contributed by atoms with Crippen molar-refractivity contribution in [2.24, 2.45) is 0 Å². The molecule has 0 saturated carbocycles. The van der Waals surface area contributed by atoms with Crippen LogP contribution in [0.2, 0.25) is 0 Å². The molecule has 0 saturated heterocycles. The van der Waals surface area contributed by atoms with E-state index in [-0.39, 0.29) is 0 Å². The zero-order valence-corrected chi connectivity index (χ0v) is 12.4. The average molecular weight is 311 g/mol. The van der Waals surface area contributed by atoms with Gasteiger partial charge in [-0.2, -0.15) is 0 Å². The van der Waals surface area contributed by atoms with Crippen LogP contribution >= 0.6 is 28.1 Å². The van der Waals surface area contributed by atoms with Gasteiger partial charge in [0.15, 0.2) is 0 Å². The molecule has 0 aliphatic rings. The standard InChI is InChI=1S/C13H15BrN2S/c1-3-4-11-8-13(17)16(15-11)12-6-5-10(14)7-9(12)2/h5-8,15H,3-4H2,1-2H3. The molecule has 90 valence electrons. The molecule has 2 aromatic rings. The van der Waals surface area contributed by atoms with Crippen LogP contribution in [0.4, 0.5) is 0 Å². The predicted molar refractivity (Wildman–Crippen MR) is 77.4 cm³/mol. The zero-order chi connectivity index (χ0) is 12.4. The van der Waals surface area contributed by atoms with Crippen molar-refractivity contribution in [2.45, 2.75) is 26.7 Å². The van der Waals surface area contributed by atoms with Gasteiger partial charge in [0.05, 0.1) is 5.69 Å². The van der Waals surface area contributed by atoms with Crippen LogP contribution in [-0.4, -0.2) is 9.78 Å². The molecule has 1 aromatic carbocycles. The van der Waals surface area contributed by atoms with Gasteiger partial charge in [0.2, 0.25) is 0 Å². The summed E-state index contributed by atoms with van der Waals surface area (Å²) in [6.45, 7) is 4.25. The van der Waals surface area contributed by atoms with Gasteiger partial charge >= 0.3 is 0 Å². The number of aromatic nitrogens is 2. The zero-order valence-electron chi connectivity index (χ0n) is 9.96. The van der Waals surface area contributed by atoms with Crippen molar-refractivity contribution in [1.82, 2.24) is 9.78 Å². The third kappa shape index (κ3) is 2.69. The summed E-state index contributed by atoms with van der Waals surface area (Å²) in [5.74, 6) is 0. The van der Waals surface area contributed by atoms with Gasteiger partial charge in [0.1, 0.15) is 4.64 Å². The van der Waals surface area contributed by atoms with E-state index in [4.69, 9.17) is 12.2 Å². The first-order valence-corrected chi connectivity index (χ1v) is 6.89. The fraction of sp³-hybridized carbons (Fsp3) is 0.308. The van der Waals surface area contributed by atoms with E-state index >= 15 is 0 Å². The number of benzene rings is 1. The minimum absolute atomic E-state index is 0.832. The lowest BCUT2D eigenvalue weighted by atomic mass is 10.2. The summed E-state index contributed by atoms with van der Waals surface area (Å²) in [4.78, 5) is 0. The molecule has 17 heavy (non-hydrogen) atoms. The number of nitrogens with one attached hydrogen (secondary N) is 1. The molecule has 0 aliphatic heterocycles. The number of aromatic amines is 1. The lowest BCUT2D eigenvalue weighted by molar-refractivity contribution is 0.798. The molecule has 0 aliphatic carbocycles. The second kappa shape index (κ2) is 5.19. The largest absolute Gasteiger partial charge is 0.297 e. The SMILES string of the molecule is CCCc1cc(=S)n(-c2ccc(Br)cc2C)[nH]1. The Balaban J connectivity index is 2.49. The molecule has 0 bridgehead atoms. The molecular weight excluding hydrogens is 296 g/mol. The van der Waals surface area contributed by atoms with Gasteiger partial charge in [-0.3, -0.25) is 5.10 Å². The molecule has 0 amide bonds. The molecule has 2 rings (SSSR count). The number of hydrogen-bond donors (Lipinski definition) is 1. The molecule has 0 spiro atoms. The maximum atomic E-state index is 5.38. The summed E-state index contributed by atoms with van der Waals surface area (Å²) in [6.07, 6.45) is 2.15. The van der Waals surface area contributed by atoms with Crippen LogP contribution in [0.1, 0.15) is 24.6 Å². The maximum absolute atomic E-state index is 5.38. The minimum atomic E-state index is 0.832. The predicted octanol–water partition coefficient (Wildman–Crippen LogP) is 4.56. The summed E-state index contributed by atoms with van der Waals surface area (Å²) < 4.78 is 3.90. The summed E-state index contributed by atoms with van der Waals surface area (Å²) >= 11 is 8.85. The van der Waals surface area contributed by atoms with Gasteiger partial charge in [0, 0.05) is 10.2 Å². The molecule has 0 radical (unpaired) electrons. The molecule has 4 heteroatoms. The molecular formula is C13H15BrN2S. The summed E-state index contributed by atoms with van der Waals surface area (Å²) in [7, 11) is 0. The first-order valence-electron chi connectivity index (χ1n) is 5.69. The monoisotopic (exact) mass is 310 g/mol. The topological polar surface area (TPSA) is 20.7 Å². The van der Waals surface area contributed by atoms with E-state index in [9.17, 15) is 0 Å².